The summed E-state index contributed by atoms with van der Waals surface area (Å²) < 4.78 is 0. The molecule has 0 aromatic carbocycles. The van der Waals surface area contributed by atoms with E-state index in [2.05, 4.69) is 5.32 Å². The summed E-state index contributed by atoms with van der Waals surface area (Å²) in [6.07, 6.45) is 0.0322. The Morgan fingerprint density at radius 2 is 2.00 bits per heavy atom. The Bertz CT molecular complexity index is 239. The predicted molar refractivity (Wildman–Crippen MR) is 48.3 cm³/mol. The molecule has 0 spiro atoms. The number of carbonyl (C=O) groups excluding carboxylic acids is 2. The van der Waals surface area contributed by atoms with Crippen LogP contribution in [0, 0.1) is 0 Å². The Hall–Kier alpha value is -1.43. The van der Waals surface area contributed by atoms with Gasteiger partial charge in [-0.25, -0.2) is 0 Å². The molecule has 4 N–H and O–H groups in total. The summed E-state index contributed by atoms with van der Waals surface area (Å²) in [5.74, 6) is -2.06. The first-order valence-electron chi connectivity index (χ1n) is 4.28. The maximum absolute atomic E-state index is 11.1. The van der Waals surface area contributed by atoms with E-state index in [0.717, 1.165) is 0 Å². The van der Waals surface area contributed by atoms with Crippen molar-refractivity contribution in [3.05, 3.63) is 0 Å². The fourth-order valence-corrected chi connectivity index (χ4v) is 0.729. The number of carbonyl (C=O) groups is 3. The zero-order valence-electron chi connectivity index (χ0n) is 7.95. The van der Waals surface area contributed by atoms with Gasteiger partial charge in [0.1, 0.15) is 0 Å². The molecular weight excluding hydrogens is 188 g/mol. The van der Waals surface area contributed by atoms with Crippen LogP contribution in [0.1, 0.15) is 26.2 Å². The highest BCUT2D eigenvalue weighted by Gasteiger charge is 2.16. The van der Waals surface area contributed by atoms with Crippen LogP contribution in [0.2, 0.25) is 0 Å². The number of imide groups is 1. The largest absolute Gasteiger partial charge is 0.481 e. The van der Waals surface area contributed by atoms with E-state index >= 15 is 0 Å². The summed E-state index contributed by atoms with van der Waals surface area (Å²) >= 11 is 0. The lowest BCUT2D eigenvalue weighted by Gasteiger charge is -2.09. The van der Waals surface area contributed by atoms with Crippen molar-refractivity contribution in [3.8, 4) is 0 Å². The number of rotatable bonds is 5. The normalized spacial score (nSPS) is 11.9. The number of hydrogen-bond donors (Lipinski definition) is 3. The molecule has 1 atom stereocenters. The molecule has 0 saturated heterocycles. The van der Waals surface area contributed by atoms with Crippen molar-refractivity contribution >= 4 is 17.8 Å². The monoisotopic (exact) mass is 202 g/mol. The lowest BCUT2D eigenvalue weighted by molar-refractivity contribution is -0.137. The quantitative estimate of drug-likeness (QED) is 0.542. The van der Waals surface area contributed by atoms with Gasteiger partial charge in [-0.15, -0.1) is 0 Å². The highest BCUT2D eigenvalue weighted by molar-refractivity contribution is 5.97. The van der Waals surface area contributed by atoms with Crippen LogP contribution in [-0.4, -0.2) is 28.9 Å². The van der Waals surface area contributed by atoms with Gasteiger partial charge in [0.2, 0.25) is 11.8 Å². The van der Waals surface area contributed by atoms with Gasteiger partial charge in [-0.3, -0.25) is 19.7 Å². The van der Waals surface area contributed by atoms with Crippen LogP contribution in [0.25, 0.3) is 0 Å². The first-order valence-corrected chi connectivity index (χ1v) is 4.28. The molecule has 0 aromatic rings. The minimum atomic E-state index is -1.02. The van der Waals surface area contributed by atoms with Crippen LogP contribution in [0.4, 0.5) is 0 Å². The van der Waals surface area contributed by atoms with Gasteiger partial charge in [-0.2, -0.15) is 0 Å². The van der Waals surface area contributed by atoms with Crippen molar-refractivity contribution in [2.45, 2.75) is 32.2 Å². The van der Waals surface area contributed by atoms with Crippen LogP contribution in [0.15, 0.2) is 0 Å². The Kier molecular flexibility index (Phi) is 5.47. The standard InChI is InChI=1S/C8H14N2O4/c1-2-6(11)10-8(14)5(9)3-4-7(12)13/h5H,2-4,9H2,1H3,(H,12,13)(H,10,11,14)/t5-/m0/s1. The van der Waals surface area contributed by atoms with Crippen LogP contribution >= 0.6 is 0 Å². The number of aliphatic carboxylic acids is 1. The SMILES string of the molecule is CCC(=O)NC(=O)[C@@H](N)CCC(=O)O. The molecule has 0 bridgehead atoms. The van der Waals surface area contributed by atoms with E-state index in [4.69, 9.17) is 10.8 Å². The zero-order chi connectivity index (χ0) is 11.1. The van der Waals surface area contributed by atoms with Crippen molar-refractivity contribution in [3.63, 3.8) is 0 Å². The first-order chi connectivity index (χ1) is 6.47. The molecule has 14 heavy (non-hydrogen) atoms. The van der Waals surface area contributed by atoms with Crippen LogP contribution < -0.4 is 11.1 Å². The van der Waals surface area contributed by atoms with Gasteiger partial charge in [0.25, 0.3) is 0 Å². The second-order valence-electron chi connectivity index (χ2n) is 2.80. The maximum Gasteiger partial charge on any atom is 0.303 e. The van der Waals surface area contributed by atoms with Crippen LogP contribution in [0.5, 0.6) is 0 Å². The molecule has 0 saturated carbocycles. The summed E-state index contributed by atoms with van der Waals surface area (Å²) in [7, 11) is 0. The molecule has 0 radical (unpaired) electrons. The average molecular weight is 202 g/mol. The van der Waals surface area contributed by atoms with Crippen molar-refractivity contribution in [1.29, 1.82) is 0 Å². The molecule has 0 aromatic heterocycles. The van der Waals surface area contributed by atoms with Gasteiger partial charge in [0.05, 0.1) is 6.04 Å². The van der Waals surface area contributed by atoms with Gasteiger partial charge in [0, 0.05) is 12.8 Å². The number of hydrogen-bond acceptors (Lipinski definition) is 4. The van der Waals surface area contributed by atoms with E-state index in [0.29, 0.717) is 0 Å². The molecule has 0 aliphatic carbocycles. The molecule has 0 aliphatic heterocycles. The molecule has 0 heterocycles. The Labute approximate surface area is 81.5 Å². The summed E-state index contributed by atoms with van der Waals surface area (Å²) in [5.41, 5.74) is 5.34. The number of amides is 2. The van der Waals surface area contributed by atoms with E-state index < -0.39 is 23.8 Å². The third kappa shape index (κ3) is 5.26. The lowest BCUT2D eigenvalue weighted by Crippen LogP contribution is -2.43. The first kappa shape index (κ1) is 12.6. The topological polar surface area (TPSA) is 109 Å². The van der Waals surface area contributed by atoms with Gasteiger partial charge in [-0.1, -0.05) is 6.92 Å². The molecule has 6 nitrogen and oxygen atoms in total. The maximum atomic E-state index is 11.1. The highest BCUT2D eigenvalue weighted by atomic mass is 16.4. The van der Waals surface area contributed by atoms with Crippen molar-refractivity contribution < 1.29 is 19.5 Å². The average Bonchev–Trinajstić information content (AvgIpc) is 2.13. The molecule has 0 aliphatic rings. The zero-order valence-corrected chi connectivity index (χ0v) is 7.95. The lowest BCUT2D eigenvalue weighted by atomic mass is 10.1. The fraction of sp³-hybridized carbons (Fsp3) is 0.625. The number of carboxylic acid groups (broad SMARTS) is 1. The second kappa shape index (κ2) is 6.09. The summed E-state index contributed by atoms with van der Waals surface area (Å²) in [6.45, 7) is 1.60. The molecular formula is C8H14N2O4. The third-order valence-corrected chi connectivity index (χ3v) is 1.59. The number of nitrogens with two attached hydrogens (primary N) is 1. The van der Waals surface area contributed by atoms with Crippen molar-refractivity contribution in [1.82, 2.24) is 5.32 Å². The minimum absolute atomic E-state index is 0.0260. The molecule has 0 fully saturated rings. The van der Waals surface area contributed by atoms with E-state index in [1.54, 1.807) is 6.92 Å². The smallest absolute Gasteiger partial charge is 0.303 e. The third-order valence-electron chi connectivity index (χ3n) is 1.59. The second-order valence-corrected chi connectivity index (χ2v) is 2.80. The van der Waals surface area contributed by atoms with Crippen LogP contribution in [0.3, 0.4) is 0 Å². The van der Waals surface area contributed by atoms with Gasteiger partial charge >= 0.3 is 5.97 Å². The highest BCUT2D eigenvalue weighted by Crippen LogP contribution is 1.94. The van der Waals surface area contributed by atoms with E-state index in [1.165, 1.54) is 0 Å². The van der Waals surface area contributed by atoms with E-state index in [1.807, 2.05) is 0 Å². The summed E-state index contributed by atoms with van der Waals surface area (Å²) in [5, 5.41) is 10.4. The van der Waals surface area contributed by atoms with Crippen molar-refractivity contribution in [2.24, 2.45) is 5.73 Å². The Morgan fingerprint density at radius 3 is 2.43 bits per heavy atom. The molecule has 6 heteroatoms. The molecule has 2 amide bonds. The van der Waals surface area contributed by atoms with E-state index in [-0.39, 0.29) is 19.3 Å². The molecule has 80 valence electrons. The predicted octanol–water partition coefficient (Wildman–Crippen LogP) is -0.769. The Morgan fingerprint density at radius 1 is 1.43 bits per heavy atom. The minimum Gasteiger partial charge on any atom is -0.481 e. The van der Waals surface area contributed by atoms with Crippen molar-refractivity contribution in [2.75, 3.05) is 0 Å². The summed E-state index contributed by atoms with van der Waals surface area (Å²) in [6, 6.07) is -0.943. The van der Waals surface area contributed by atoms with Crippen LogP contribution in [-0.2, 0) is 14.4 Å². The Balaban J connectivity index is 3.87. The number of nitrogens with one attached hydrogen (secondary N) is 1. The fourth-order valence-electron chi connectivity index (χ4n) is 0.729. The van der Waals surface area contributed by atoms with Gasteiger partial charge in [-0.05, 0) is 6.42 Å². The van der Waals surface area contributed by atoms with E-state index in [9.17, 15) is 14.4 Å². The molecule has 0 unspecified atom stereocenters. The van der Waals surface area contributed by atoms with Gasteiger partial charge in [0.15, 0.2) is 0 Å². The van der Waals surface area contributed by atoms with Gasteiger partial charge < -0.3 is 10.8 Å². The summed E-state index contributed by atoms with van der Waals surface area (Å²) in [4.78, 5) is 32.0. The molecule has 0 rings (SSSR count). The number of carboxylic acids is 1.